The third kappa shape index (κ3) is 8.57. The second-order valence-corrected chi connectivity index (χ2v) is 13.4. The van der Waals surface area contributed by atoms with Gasteiger partial charge in [-0.3, -0.25) is 9.59 Å². The number of nitrogens with zero attached hydrogens (tertiary/aromatic N) is 2. The number of sulfone groups is 1. The number of benzene rings is 2. The molecule has 2 amide bonds. The lowest BCUT2D eigenvalue weighted by Crippen LogP contribution is -2.37. The molecule has 0 radical (unpaired) electrons. The molecule has 5 rings (SSSR count). The Morgan fingerprint density at radius 2 is 1.59 bits per heavy atom. The summed E-state index contributed by atoms with van der Waals surface area (Å²) in [6.07, 6.45) is -2.36. The maximum Gasteiger partial charge on any atom is 0.490 e. The second kappa shape index (κ2) is 14.1. The van der Waals surface area contributed by atoms with E-state index < -0.39 is 22.0 Å². The van der Waals surface area contributed by atoms with Crippen LogP contribution >= 0.6 is 0 Å². The van der Waals surface area contributed by atoms with Gasteiger partial charge >= 0.3 is 12.1 Å². The number of carboxylic acids is 1. The molecule has 3 aliphatic rings. The number of fused-ring (bicyclic) bond motifs is 1. The van der Waals surface area contributed by atoms with Gasteiger partial charge in [0.2, 0.25) is 5.91 Å². The Morgan fingerprint density at radius 3 is 2.14 bits per heavy atom. The number of hydrogen-bond donors (Lipinski definition) is 2. The third-order valence-corrected chi connectivity index (χ3v) is 9.32. The number of rotatable bonds is 8. The van der Waals surface area contributed by atoms with E-state index in [1.165, 1.54) is 6.07 Å². The van der Waals surface area contributed by atoms with Crippen LogP contribution in [0.3, 0.4) is 0 Å². The number of ether oxygens (including phenoxy) is 1. The smallest absolute Gasteiger partial charge is 0.475 e. The number of amides is 2. The summed E-state index contributed by atoms with van der Waals surface area (Å²) < 4.78 is 61.5. The molecular formula is C30H36F3N3O7S. The van der Waals surface area contributed by atoms with Crippen molar-refractivity contribution in [2.75, 3.05) is 52.2 Å². The van der Waals surface area contributed by atoms with Crippen LogP contribution < -0.4 is 5.32 Å². The van der Waals surface area contributed by atoms with Crippen LogP contribution in [0.1, 0.15) is 34.8 Å². The highest BCUT2D eigenvalue weighted by Gasteiger charge is 2.42. The monoisotopic (exact) mass is 639 g/mol. The lowest BCUT2D eigenvalue weighted by atomic mass is 10.0. The largest absolute Gasteiger partial charge is 0.490 e. The first-order valence-electron chi connectivity index (χ1n) is 14.3. The minimum atomic E-state index is -5.08. The molecule has 2 aromatic rings. The number of halogens is 3. The van der Waals surface area contributed by atoms with Gasteiger partial charge in [-0.25, -0.2) is 13.2 Å². The van der Waals surface area contributed by atoms with Gasteiger partial charge in [-0.1, -0.05) is 42.5 Å². The number of carbonyl (C=O) groups excluding carboxylic acids is 2. The van der Waals surface area contributed by atoms with Crippen molar-refractivity contribution in [3.8, 4) is 0 Å². The Morgan fingerprint density at radius 1 is 1.00 bits per heavy atom. The Hall–Kier alpha value is -3.49. The fourth-order valence-corrected chi connectivity index (χ4v) is 6.81. The van der Waals surface area contributed by atoms with Gasteiger partial charge < -0.3 is 25.0 Å². The van der Waals surface area contributed by atoms with Crippen molar-refractivity contribution in [2.45, 2.75) is 30.0 Å². The topological polar surface area (TPSA) is 133 Å². The summed E-state index contributed by atoms with van der Waals surface area (Å²) in [5, 5.41) is 10.4. The highest BCUT2D eigenvalue weighted by Crippen LogP contribution is 2.33. The first kappa shape index (κ1) is 33.4. The minimum absolute atomic E-state index is 0.0553. The van der Waals surface area contributed by atoms with Crippen molar-refractivity contribution in [3.63, 3.8) is 0 Å². The zero-order valence-corrected chi connectivity index (χ0v) is 25.0. The Bertz CT molecular complexity index is 1420. The van der Waals surface area contributed by atoms with Crippen LogP contribution in [0, 0.1) is 17.8 Å². The summed E-state index contributed by atoms with van der Waals surface area (Å²) in [6, 6.07) is 16.5. The van der Waals surface area contributed by atoms with Gasteiger partial charge in [-0.05, 0) is 42.4 Å². The summed E-state index contributed by atoms with van der Waals surface area (Å²) in [4.78, 5) is 39.3. The van der Waals surface area contributed by atoms with Crippen molar-refractivity contribution in [3.05, 3.63) is 65.7 Å². The summed E-state index contributed by atoms with van der Waals surface area (Å²) in [5.41, 5.74) is 1.37. The molecule has 2 aromatic carbocycles. The van der Waals surface area contributed by atoms with E-state index in [2.05, 4.69) is 22.3 Å². The summed E-state index contributed by atoms with van der Waals surface area (Å²) in [5.74, 6) is -2.23. The van der Waals surface area contributed by atoms with Crippen LogP contribution in [-0.4, -0.2) is 99.5 Å². The molecule has 0 saturated carbocycles. The predicted octanol–water partition coefficient (Wildman–Crippen LogP) is 3.01. The molecule has 2 N–H and O–H groups in total. The number of carbonyl (C=O) groups is 3. The van der Waals surface area contributed by atoms with Crippen LogP contribution in [0.25, 0.3) is 0 Å². The van der Waals surface area contributed by atoms with E-state index in [1.807, 2.05) is 23.1 Å². The van der Waals surface area contributed by atoms with Crippen LogP contribution in [-0.2, 0) is 24.2 Å². The molecular weight excluding hydrogens is 603 g/mol. The van der Waals surface area contributed by atoms with Gasteiger partial charge in [-0.15, -0.1) is 0 Å². The number of alkyl halides is 3. The number of aliphatic carboxylic acids is 1. The van der Waals surface area contributed by atoms with E-state index in [0.29, 0.717) is 38.1 Å². The molecule has 0 spiro atoms. The summed E-state index contributed by atoms with van der Waals surface area (Å²) in [7, 11) is -3.48. The summed E-state index contributed by atoms with van der Waals surface area (Å²) >= 11 is 0. The second-order valence-electron chi connectivity index (χ2n) is 11.4. The summed E-state index contributed by atoms with van der Waals surface area (Å²) in [6.45, 7) is 5.06. The first-order chi connectivity index (χ1) is 20.7. The van der Waals surface area contributed by atoms with E-state index in [-0.39, 0.29) is 34.2 Å². The zero-order chi connectivity index (χ0) is 32.1. The van der Waals surface area contributed by atoms with Crippen LogP contribution in [0.5, 0.6) is 0 Å². The lowest BCUT2D eigenvalue weighted by Gasteiger charge is -2.25. The van der Waals surface area contributed by atoms with Gasteiger partial charge in [0.25, 0.3) is 5.91 Å². The fourth-order valence-electron chi connectivity index (χ4n) is 5.93. The van der Waals surface area contributed by atoms with Crippen molar-refractivity contribution in [1.29, 1.82) is 0 Å². The van der Waals surface area contributed by atoms with E-state index >= 15 is 0 Å². The maximum atomic E-state index is 13.2. The fraction of sp³-hybridized carbons (Fsp3) is 0.500. The van der Waals surface area contributed by atoms with E-state index in [4.69, 9.17) is 14.6 Å². The average Bonchev–Trinajstić information content (AvgIpc) is 3.72. The number of carboxylic acid groups (broad SMARTS) is 1. The van der Waals surface area contributed by atoms with Gasteiger partial charge in [0.15, 0.2) is 9.84 Å². The van der Waals surface area contributed by atoms with Crippen molar-refractivity contribution in [1.82, 2.24) is 15.1 Å². The molecule has 3 fully saturated rings. The molecule has 3 aliphatic heterocycles. The molecule has 14 heteroatoms. The Kier molecular flexibility index (Phi) is 10.7. The van der Waals surface area contributed by atoms with Gasteiger partial charge in [-0.2, -0.15) is 13.2 Å². The van der Waals surface area contributed by atoms with Crippen LogP contribution in [0.15, 0.2) is 59.5 Å². The first-order valence-corrected chi connectivity index (χ1v) is 16.2. The molecule has 4 atom stereocenters. The molecule has 0 aliphatic carbocycles. The van der Waals surface area contributed by atoms with Gasteiger partial charge in [0, 0.05) is 45.6 Å². The average molecular weight is 640 g/mol. The quantitative estimate of drug-likeness (QED) is 0.451. The van der Waals surface area contributed by atoms with Crippen molar-refractivity contribution >= 4 is 27.6 Å². The zero-order valence-electron chi connectivity index (χ0n) is 24.2. The SMILES string of the molecule is CS(=O)(=O)c1ccccc1C(=O)N1CC2CN(CC[C@H](NC(=O)C3CCOC3)c3ccccc3)CC2C1.O=C(O)C(F)(F)F. The van der Waals surface area contributed by atoms with Crippen LogP contribution in [0.2, 0.25) is 0 Å². The van der Waals surface area contributed by atoms with E-state index in [0.717, 1.165) is 44.3 Å². The maximum absolute atomic E-state index is 13.2. The molecule has 44 heavy (non-hydrogen) atoms. The van der Waals surface area contributed by atoms with E-state index in [9.17, 15) is 31.2 Å². The molecule has 0 aromatic heterocycles. The van der Waals surface area contributed by atoms with Crippen LogP contribution in [0.4, 0.5) is 13.2 Å². The third-order valence-electron chi connectivity index (χ3n) is 8.16. The molecule has 3 unspecified atom stereocenters. The molecule has 240 valence electrons. The Balaban J connectivity index is 0.000000566. The highest BCUT2D eigenvalue weighted by atomic mass is 32.2. The van der Waals surface area contributed by atoms with Crippen molar-refractivity contribution < 1.29 is 45.8 Å². The highest BCUT2D eigenvalue weighted by molar-refractivity contribution is 7.90. The molecule has 3 heterocycles. The van der Waals surface area contributed by atoms with Crippen molar-refractivity contribution in [2.24, 2.45) is 17.8 Å². The number of nitrogens with one attached hydrogen (secondary N) is 1. The lowest BCUT2D eigenvalue weighted by molar-refractivity contribution is -0.192. The normalized spacial score (nSPS) is 22.5. The van der Waals surface area contributed by atoms with Gasteiger partial charge in [0.05, 0.1) is 29.0 Å². The van der Waals surface area contributed by atoms with Gasteiger partial charge in [0.1, 0.15) is 0 Å². The van der Waals surface area contributed by atoms with E-state index in [1.54, 1.807) is 18.2 Å². The molecule has 10 nitrogen and oxygen atoms in total. The Labute approximate surface area is 254 Å². The minimum Gasteiger partial charge on any atom is -0.475 e. The molecule has 3 saturated heterocycles. The number of likely N-dealkylation sites (tertiary alicyclic amines) is 2. The molecule has 0 bridgehead atoms. The predicted molar refractivity (Wildman–Crippen MR) is 153 cm³/mol. The standard InChI is InChI=1S/C28H35N3O5S.C2HF3O2/c1-37(34,35)26-10-6-5-9-24(26)28(33)31-17-22-15-30(16-23(22)18-31)13-11-25(20-7-3-2-4-8-20)29-27(32)21-12-14-36-19-21;3-2(4,5)1(6)7/h2-10,21-23,25H,11-19H2,1H3,(H,29,32);(H,6,7)/t21?,22?,23?,25-;/m0./s1. The number of hydrogen-bond acceptors (Lipinski definition) is 7.